The van der Waals surface area contributed by atoms with E-state index in [1.54, 1.807) is 0 Å². The van der Waals surface area contributed by atoms with Crippen LogP contribution in [0.25, 0.3) is 0 Å². The van der Waals surface area contributed by atoms with Crippen molar-refractivity contribution in [2.75, 3.05) is 26.2 Å². The monoisotopic (exact) mass is 281 g/mol. The third-order valence-electron chi connectivity index (χ3n) is 4.16. The van der Waals surface area contributed by atoms with Crippen LogP contribution in [0, 0.1) is 16.7 Å². The lowest BCUT2D eigenvalue weighted by Crippen LogP contribution is -2.63. The van der Waals surface area contributed by atoms with Gasteiger partial charge < -0.3 is 10.1 Å². The van der Waals surface area contributed by atoms with Gasteiger partial charge in [-0.2, -0.15) is 5.26 Å². The van der Waals surface area contributed by atoms with Crippen molar-refractivity contribution in [2.45, 2.75) is 52.7 Å². The Morgan fingerprint density at radius 3 is 2.70 bits per heavy atom. The number of nitrogens with zero attached hydrogens (tertiary/aromatic N) is 2. The molecule has 2 unspecified atom stereocenters. The van der Waals surface area contributed by atoms with Gasteiger partial charge in [-0.15, -0.1) is 0 Å². The summed E-state index contributed by atoms with van der Waals surface area (Å²) < 4.78 is 5.75. The van der Waals surface area contributed by atoms with Crippen molar-refractivity contribution < 1.29 is 9.53 Å². The van der Waals surface area contributed by atoms with Crippen LogP contribution in [0.4, 0.5) is 0 Å². The number of ether oxygens (including phenoxy) is 1. The summed E-state index contributed by atoms with van der Waals surface area (Å²) in [5.41, 5.74) is 0.0701. The molecule has 0 bridgehead atoms. The predicted molar refractivity (Wildman–Crippen MR) is 78.1 cm³/mol. The van der Waals surface area contributed by atoms with Crippen LogP contribution in [0.5, 0.6) is 0 Å². The molecule has 5 heteroatoms. The minimum atomic E-state index is -0.0735. The van der Waals surface area contributed by atoms with E-state index in [-0.39, 0.29) is 24.0 Å². The Labute approximate surface area is 122 Å². The first-order chi connectivity index (χ1) is 9.47. The molecule has 0 aromatic rings. The predicted octanol–water partition coefficient (Wildman–Crippen LogP) is 1.54. The molecule has 0 spiro atoms. The van der Waals surface area contributed by atoms with Crippen molar-refractivity contribution in [3.05, 3.63) is 0 Å². The first-order valence-electron chi connectivity index (χ1n) is 7.46. The summed E-state index contributed by atoms with van der Waals surface area (Å²) in [5, 5.41) is 11.1. The number of hydrogen-bond donors (Lipinski definition) is 1. The molecule has 1 fully saturated rings. The summed E-state index contributed by atoms with van der Waals surface area (Å²) in [7, 11) is 0. The van der Waals surface area contributed by atoms with Gasteiger partial charge in [0.2, 0.25) is 5.91 Å². The van der Waals surface area contributed by atoms with Crippen LogP contribution in [0.2, 0.25) is 0 Å². The third-order valence-corrected chi connectivity index (χ3v) is 4.16. The van der Waals surface area contributed by atoms with Crippen LogP contribution in [-0.4, -0.2) is 49.2 Å². The Kier molecular flexibility index (Phi) is 6.44. The molecule has 0 heterocycles. The zero-order valence-electron chi connectivity index (χ0n) is 13.1. The van der Waals surface area contributed by atoms with Gasteiger partial charge >= 0.3 is 0 Å². The zero-order chi connectivity index (χ0) is 15.2. The van der Waals surface area contributed by atoms with Crippen molar-refractivity contribution >= 4 is 5.91 Å². The normalized spacial score (nSPS) is 24.0. The van der Waals surface area contributed by atoms with E-state index in [1.807, 2.05) is 13.0 Å². The molecule has 0 saturated heterocycles. The number of rotatable bonds is 8. The maximum atomic E-state index is 11.8. The smallest absolute Gasteiger partial charge is 0.235 e. The molecular weight excluding hydrogens is 254 g/mol. The summed E-state index contributed by atoms with van der Waals surface area (Å²) in [6.07, 6.45) is 2.27. The van der Waals surface area contributed by atoms with Gasteiger partial charge in [0.15, 0.2) is 0 Å². The van der Waals surface area contributed by atoms with Crippen molar-refractivity contribution in [1.29, 1.82) is 5.26 Å². The standard InChI is InChI=1S/C15H27N3O2/c1-5-9-18(11-14(19)17-8-7-16)12-10-13(20-6-2)15(12,3)4/h12-13H,5-6,8-11H2,1-4H3,(H,17,19). The van der Waals surface area contributed by atoms with E-state index < -0.39 is 0 Å². The fourth-order valence-electron chi connectivity index (χ4n) is 2.98. The van der Waals surface area contributed by atoms with Gasteiger partial charge in [0.25, 0.3) is 0 Å². The van der Waals surface area contributed by atoms with Crippen molar-refractivity contribution in [1.82, 2.24) is 10.2 Å². The summed E-state index contributed by atoms with van der Waals surface area (Å²) in [6.45, 7) is 10.6. The van der Waals surface area contributed by atoms with Crippen molar-refractivity contribution in [3.63, 3.8) is 0 Å². The van der Waals surface area contributed by atoms with Gasteiger partial charge in [-0.25, -0.2) is 0 Å². The quantitative estimate of drug-likeness (QED) is 0.685. The highest BCUT2D eigenvalue weighted by molar-refractivity contribution is 5.78. The second-order valence-electron chi connectivity index (χ2n) is 5.92. The molecule has 0 aliphatic heterocycles. The lowest BCUT2D eigenvalue weighted by Gasteiger charge is -2.55. The number of carbonyl (C=O) groups excluding carboxylic acids is 1. The Morgan fingerprint density at radius 2 is 2.20 bits per heavy atom. The molecule has 114 valence electrons. The van der Waals surface area contributed by atoms with E-state index in [4.69, 9.17) is 10.00 Å². The molecule has 0 radical (unpaired) electrons. The van der Waals surface area contributed by atoms with E-state index in [2.05, 4.69) is 31.0 Å². The fourth-order valence-corrected chi connectivity index (χ4v) is 2.98. The number of carbonyl (C=O) groups is 1. The number of amides is 1. The van der Waals surface area contributed by atoms with Gasteiger partial charge in [-0.3, -0.25) is 9.69 Å². The molecule has 1 rings (SSSR count). The molecular formula is C15H27N3O2. The second-order valence-corrected chi connectivity index (χ2v) is 5.92. The number of nitriles is 1. The largest absolute Gasteiger partial charge is 0.378 e. The van der Waals surface area contributed by atoms with Crippen LogP contribution in [0.3, 0.4) is 0 Å². The van der Waals surface area contributed by atoms with E-state index in [9.17, 15) is 4.79 Å². The van der Waals surface area contributed by atoms with Crippen LogP contribution in [0.15, 0.2) is 0 Å². The van der Waals surface area contributed by atoms with E-state index in [1.165, 1.54) is 0 Å². The van der Waals surface area contributed by atoms with Gasteiger partial charge in [0.05, 0.1) is 18.7 Å². The first-order valence-corrected chi connectivity index (χ1v) is 7.46. The minimum absolute atomic E-state index is 0.0701. The van der Waals surface area contributed by atoms with Crippen LogP contribution in [-0.2, 0) is 9.53 Å². The number of nitrogens with one attached hydrogen (secondary N) is 1. The Balaban J connectivity index is 2.59. The van der Waals surface area contributed by atoms with Crippen LogP contribution < -0.4 is 5.32 Å². The average Bonchev–Trinajstić information content (AvgIpc) is 2.40. The molecule has 0 aromatic carbocycles. The maximum Gasteiger partial charge on any atom is 0.235 e. The van der Waals surface area contributed by atoms with Crippen molar-refractivity contribution in [2.24, 2.45) is 5.41 Å². The van der Waals surface area contributed by atoms with E-state index in [0.717, 1.165) is 26.0 Å². The molecule has 1 saturated carbocycles. The lowest BCUT2D eigenvalue weighted by molar-refractivity contribution is -0.154. The second kappa shape index (κ2) is 7.61. The Bertz CT molecular complexity index is 363. The zero-order valence-corrected chi connectivity index (χ0v) is 13.1. The summed E-state index contributed by atoms with van der Waals surface area (Å²) in [6, 6.07) is 2.30. The van der Waals surface area contributed by atoms with Gasteiger partial charge in [-0.1, -0.05) is 20.8 Å². The highest BCUT2D eigenvalue weighted by Crippen LogP contribution is 2.45. The molecule has 1 aliphatic rings. The molecule has 1 N–H and O–H groups in total. The van der Waals surface area contributed by atoms with E-state index >= 15 is 0 Å². The third kappa shape index (κ3) is 3.94. The highest BCUT2D eigenvalue weighted by atomic mass is 16.5. The molecule has 1 amide bonds. The Morgan fingerprint density at radius 1 is 1.50 bits per heavy atom. The highest BCUT2D eigenvalue weighted by Gasteiger charge is 2.51. The molecule has 1 aliphatic carbocycles. The average molecular weight is 281 g/mol. The minimum Gasteiger partial charge on any atom is -0.378 e. The van der Waals surface area contributed by atoms with Crippen molar-refractivity contribution in [3.8, 4) is 6.07 Å². The van der Waals surface area contributed by atoms with E-state index in [0.29, 0.717) is 12.6 Å². The van der Waals surface area contributed by atoms with Gasteiger partial charge in [-0.05, 0) is 26.3 Å². The topological polar surface area (TPSA) is 65.4 Å². The van der Waals surface area contributed by atoms with Gasteiger partial charge in [0.1, 0.15) is 6.54 Å². The summed E-state index contributed by atoms with van der Waals surface area (Å²) in [5.74, 6) is -0.0735. The van der Waals surface area contributed by atoms with Gasteiger partial charge in [0, 0.05) is 18.1 Å². The molecule has 20 heavy (non-hydrogen) atoms. The van der Waals surface area contributed by atoms with Crippen LogP contribution >= 0.6 is 0 Å². The maximum absolute atomic E-state index is 11.8. The first kappa shape index (κ1) is 16.9. The SMILES string of the molecule is CCCN(CC(=O)NCC#N)C1CC(OCC)C1(C)C. The molecule has 2 atom stereocenters. The number of hydrogen-bond acceptors (Lipinski definition) is 4. The lowest BCUT2D eigenvalue weighted by atomic mass is 9.63. The van der Waals surface area contributed by atoms with Crippen LogP contribution in [0.1, 0.15) is 40.5 Å². The molecule has 0 aromatic heterocycles. The molecule has 5 nitrogen and oxygen atoms in total. The summed E-state index contributed by atoms with van der Waals surface area (Å²) in [4.78, 5) is 14.0. The summed E-state index contributed by atoms with van der Waals surface area (Å²) >= 11 is 0. The Hall–Kier alpha value is -1.12. The fraction of sp³-hybridized carbons (Fsp3) is 0.867.